The Morgan fingerprint density at radius 2 is 2.12 bits per heavy atom. The highest BCUT2D eigenvalue weighted by atomic mass is 16.5. The minimum absolute atomic E-state index is 0.629. The van der Waals surface area contributed by atoms with Gasteiger partial charge in [0.1, 0.15) is 5.82 Å². The predicted molar refractivity (Wildman–Crippen MR) is 96.7 cm³/mol. The number of aromatic nitrogens is 3. The van der Waals surface area contributed by atoms with E-state index in [9.17, 15) is 0 Å². The normalized spacial score (nSPS) is 15.5. The molecule has 0 amide bonds. The Balaban J connectivity index is 1.55. The SMILES string of the molecule is CCNC(=NCCc1nc(C)no1)N1CCN(c2ccccn2)CC1. The van der Waals surface area contributed by atoms with Crippen LogP contribution < -0.4 is 10.2 Å². The van der Waals surface area contributed by atoms with Gasteiger partial charge in [0.15, 0.2) is 11.8 Å². The molecule has 2 aromatic rings. The van der Waals surface area contributed by atoms with E-state index in [1.807, 2.05) is 25.3 Å². The van der Waals surface area contributed by atoms with Gasteiger partial charge in [0.25, 0.3) is 0 Å². The summed E-state index contributed by atoms with van der Waals surface area (Å²) in [4.78, 5) is 18.0. The second-order valence-corrected chi connectivity index (χ2v) is 5.88. The van der Waals surface area contributed by atoms with Gasteiger partial charge in [-0.3, -0.25) is 4.99 Å². The molecule has 0 aromatic carbocycles. The Bertz CT molecular complexity index is 677. The molecule has 8 nitrogen and oxygen atoms in total. The van der Waals surface area contributed by atoms with Crippen molar-refractivity contribution in [2.75, 3.05) is 44.2 Å². The summed E-state index contributed by atoms with van der Waals surface area (Å²) in [5.74, 6) is 3.28. The fourth-order valence-electron chi connectivity index (χ4n) is 2.81. The lowest BCUT2D eigenvalue weighted by Gasteiger charge is -2.37. The number of aliphatic imine (C=N–C) groups is 1. The molecule has 1 fully saturated rings. The third kappa shape index (κ3) is 4.68. The maximum atomic E-state index is 5.14. The number of piperazine rings is 1. The van der Waals surface area contributed by atoms with Crippen LogP contribution in [0, 0.1) is 6.92 Å². The molecule has 1 aliphatic rings. The van der Waals surface area contributed by atoms with Gasteiger partial charge >= 0.3 is 0 Å². The summed E-state index contributed by atoms with van der Waals surface area (Å²) in [6, 6.07) is 6.03. The van der Waals surface area contributed by atoms with Gasteiger partial charge in [-0.25, -0.2) is 4.98 Å². The van der Waals surface area contributed by atoms with Crippen LogP contribution in [-0.2, 0) is 6.42 Å². The topological polar surface area (TPSA) is 82.7 Å². The van der Waals surface area contributed by atoms with Crippen molar-refractivity contribution in [1.82, 2.24) is 25.3 Å². The average Bonchev–Trinajstić information content (AvgIpc) is 3.07. The molecule has 0 bridgehead atoms. The summed E-state index contributed by atoms with van der Waals surface area (Å²) >= 11 is 0. The smallest absolute Gasteiger partial charge is 0.228 e. The number of anilines is 1. The Hall–Kier alpha value is -2.64. The maximum absolute atomic E-state index is 5.14. The summed E-state index contributed by atoms with van der Waals surface area (Å²) in [6.45, 7) is 9.09. The van der Waals surface area contributed by atoms with Crippen LogP contribution in [0.2, 0.25) is 0 Å². The van der Waals surface area contributed by atoms with Crippen molar-refractivity contribution < 1.29 is 4.52 Å². The molecule has 8 heteroatoms. The summed E-state index contributed by atoms with van der Waals surface area (Å²) in [7, 11) is 0. The zero-order valence-corrected chi connectivity index (χ0v) is 14.9. The molecule has 2 aromatic heterocycles. The van der Waals surface area contributed by atoms with Crippen LogP contribution in [0.15, 0.2) is 33.9 Å². The number of hydrogen-bond acceptors (Lipinski definition) is 6. The minimum Gasteiger partial charge on any atom is -0.357 e. The van der Waals surface area contributed by atoms with Crippen molar-refractivity contribution in [2.24, 2.45) is 4.99 Å². The zero-order chi connectivity index (χ0) is 17.5. The molecule has 0 radical (unpaired) electrons. The van der Waals surface area contributed by atoms with E-state index in [0.29, 0.717) is 24.7 Å². The van der Waals surface area contributed by atoms with E-state index in [1.165, 1.54) is 0 Å². The molecule has 0 unspecified atom stereocenters. The van der Waals surface area contributed by atoms with Crippen LogP contribution in [0.3, 0.4) is 0 Å². The molecule has 0 saturated carbocycles. The van der Waals surface area contributed by atoms with Gasteiger partial charge in [-0.2, -0.15) is 4.98 Å². The van der Waals surface area contributed by atoms with Gasteiger partial charge in [-0.15, -0.1) is 0 Å². The van der Waals surface area contributed by atoms with E-state index in [2.05, 4.69) is 43.2 Å². The van der Waals surface area contributed by atoms with Crippen LogP contribution in [0.1, 0.15) is 18.6 Å². The molecule has 1 N–H and O–H groups in total. The maximum Gasteiger partial charge on any atom is 0.228 e. The number of aryl methyl sites for hydroxylation is 1. The lowest BCUT2D eigenvalue weighted by molar-refractivity contribution is 0.367. The summed E-state index contributed by atoms with van der Waals surface area (Å²) < 4.78 is 5.14. The van der Waals surface area contributed by atoms with E-state index in [1.54, 1.807) is 0 Å². The largest absolute Gasteiger partial charge is 0.357 e. The number of guanidine groups is 1. The first kappa shape index (κ1) is 17.2. The van der Waals surface area contributed by atoms with E-state index < -0.39 is 0 Å². The Kier molecular flexibility index (Phi) is 5.81. The van der Waals surface area contributed by atoms with Gasteiger partial charge in [-0.05, 0) is 26.0 Å². The summed E-state index contributed by atoms with van der Waals surface area (Å²) in [5.41, 5.74) is 0. The van der Waals surface area contributed by atoms with E-state index >= 15 is 0 Å². The first-order chi connectivity index (χ1) is 12.3. The molecule has 0 atom stereocenters. The number of nitrogens with one attached hydrogen (secondary N) is 1. The third-order valence-corrected chi connectivity index (χ3v) is 4.04. The molecule has 3 heterocycles. The summed E-state index contributed by atoms with van der Waals surface area (Å²) in [6.07, 6.45) is 2.50. The van der Waals surface area contributed by atoms with Crippen molar-refractivity contribution in [2.45, 2.75) is 20.3 Å². The highest BCUT2D eigenvalue weighted by molar-refractivity contribution is 5.80. The molecular weight excluding hydrogens is 318 g/mol. The van der Waals surface area contributed by atoms with Crippen LogP contribution in [0.25, 0.3) is 0 Å². The van der Waals surface area contributed by atoms with Crippen molar-refractivity contribution >= 4 is 11.8 Å². The summed E-state index contributed by atoms with van der Waals surface area (Å²) in [5, 5.41) is 7.18. The minimum atomic E-state index is 0.629. The van der Waals surface area contributed by atoms with Gasteiger partial charge in [0.2, 0.25) is 5.89 Å². The monoisotopic (exact) mass is 343 g/mol. The Labute approximate surface area is 148 Å². The predicted octanol–water partition coefficient (Wildman–Crippen LogP) is 1.10. The van der Waals surface area contributed by atoms with Crippen LogP contribution in [0.5, 0.6) is 0 Å². The van der Waals surface area contributed by atoms with Gasteiger partial charge in [0, 0.05) is 45.3 Å². The molecule has 3 rings (SSSR count). The van der Waals surface area contributed by atoms with E-state index in [4.69, 9.17) is 9.52 Å². The highest BCUT2D eigenvalue weighted by Crippen LogP contribution is 2.12. The lowest BCUT2D eigenvalue weighted by atomic mass is 10.3. The first-order valence-corrected chi connectivity index (χ1v) is 8.74. The number of rotatable bonds is 5. The standard InChI is InChI=1S/C17H25N7O/c1-3-18-17(20-9-7-16-21-14(2)22-25-16)24-12-10-23(11-13-24)15-6-4-5-8-19-15/h4-6,8H,3,7,9-13H2,1-2H3,(H,18,20). The van der Waals surface area contributed by atoms with Crippen LogP contribution in [-0.4, -0.2) is 65.3 Å². The van der Waals surface area contributed by atoms with E-state index in [-0.39, 0.29) is 0 Å². The number of pyridine rings is 1. The van der Waals surface area contributed by atoms with E-state index in [0.717, 1.165) is 44.5 Å². The highest BCUT2D eigenvalue weighted by Gasteiger charge is 2.20. The van der Waals surface area contributed by atoms with Crippen LogP contribution in [0.4, 0.5) is 5.82 Å². The first-order valence-electron chi connectivity index (χ1n) is 8.74. The molecule has 1 saturated heterocycles. The molecular formula is C17H25N7O. The number of hydrogen-bond donors (Lipinski definition) is 1. The van der Waals surface area contributed by atoms with Crippen LogP contribution >= 0.6 is 0 Å². The van der Waals surface area contributed by atoms with Crippen molar-refractivity contribution in [3.8, 4) is 0 Å². The fourth-order valence-corrected chi connectivity index (χ4v) is 2.81. The average molecular weight is 343 g/mol. The van der Waals surface area contributed by atoms with Crippen molar-refractivity contribution in [1.29, 1.82) is 0 Å². The second kappa shape index (κ2) is 8.46. The van der Waals surface area contributed by atoms with Gasteiger partial charge in [-0.1, -0.05) is 11.2 Å². The second-order valence-electron chi connectivity index (χ2n) is 5.88. The molecule has 134 valence electrons. The molecule has 25 heavy (non-hydrogen) atoms. The Morgan fingerprint density at radius 3 is 2.76 bits per heavy atom. The lowest BCUT2D eigenvalue weighted by Crippen LogP contribution is -2.52. The molecule has 1 aliphatic heterocycles. The Morgan fingerprint density at radius 1 is 1.28 bits per heavy atom. The van der Waals surface area contributed by atoms with Gasteiger partial charge in [0.05, 0.1) is 6.54 Å². The quantitative estimate of drug-likeness (QED) is 0.643. The van der Waals surface area contributed by atoms with Gasteiger partial charge < -0.3 is 19.6 Å². The third-order valence-electron chi connectivity index (χ3n) is 4.04. The zero-order valence-electron chi connectivity index (χ0n) is 14.9. The molecule has 0 aliphatic carbocycles. The van der Waals surface area contributed by atoms with Crippen molar-refractivity contribution in [3.05, 3.63) is 36.1 Å². The fraction of sp³-hybridized carbons (Fsp3) is 0.529. The van der Waals surface area contributed by atoms with Crippen molar-refractivity contribution in [3.63, 3.8) is 0 Å². The molecule has 0 spiro atoms. The number of nitrogens with zero attached hydrogens (tertiary/aromatic N) is 6.